The zero-order valence-corrected chi connectivity index (χ0v) is 16.7. The molecule has 29 heavy (non-hydrogen) atoms. The van der Waals surface area contributed by atoms with Crippen molar-refractivity contribution >= 4 is 40.9 Å². The van der Waals surface area contributed by atoms with Crippen molar-refractivity contribution in [2.24, 2.45) is 16.6 Å². The molecular weight excluding hydrogens is 424 g/mol. The fourth-order valence-corrected chi connectivity index (χ4v) is 4.48. The number of carbonyl (C=O) groups is 1. The molecule has 154 valence electrons. The van der Waals surface area contributed by atoms with Crippen molar-refractivity contribution in [2.75, 3.05) is 24.3 Å². The van der Waals surface area contributed by atoms with Crippen molar-refractivity contribution in [2.45, 2.75) is 12.0 Å². The van der Waals surface area contributed by atoms with Gasteiger partial charge in [-0.1, -0.05) is 11.8 Å². The number of aliphatic imine (C=N–C) groups is 1. The number of nitrogens with zero attached hydrogens (tertiary/aromatic N) is 3. The molecular formula is C18H18ClF2N5O2S. The van der Waals surface area contributed by atoms with E-state index in [1.54, 1.807) is 6.07 Å². The van der Waals surface area contributed by atoms with E-state index in [0.29, 0.717) is 41.8 Å². The predicted molar refractivity (Wildman–Crippen MR) is 108 cm³/mol. The SMILES string of the molecule is Cl.NC1=N[C@]2(c3cc(NC(=O)c4ncc(F)cn4)ccc3F)CCOCC2CS1. The number of anilines is 1. The van der Waals surface area contributed by atoms with Crippen LogP contribution in [-0.2, 0) is 10.3 Å². The van der Waals surface area contributed by atoms with Gasteiger partial charge in [0.15, 0.2) is 11.0 Å². The minimum Gasteiger partial charge on any atom is -0.381 e. The first-order chi connectivity index (χ1) is 13.5. The number of rotatable bonds is 3. The Morgan fingerprint density at radius 1 is 1.31 bits per heavy atom. The molecule has 3 N–H and O–H groups in total. The Hall–Kier alpha value is -2.30. The number of halogens is 3. The first kappa shape index (κ1) is 21.4. The minimum atomic E-state index is -0.829. The summed E-state index contributed by atoms with van der Waals surface area (Å²) in [6.45, 7) is 0.903. The van der Waals surface area contributed by atoms with Gasteiger partial charge in [-0.05, 0) is 18.2 Å². The maximum atomic E-state index is 14.8. The molecule has 2 aliphatic heterocycles. The van der Waals surface area contributed by atoms with Crippen LogP contribution < -0.4 is 11.1 Å². The normalized spacial score (nSPS) is 23.4. The molecule has 0 saturated carbocycles. The number of amides is 1. The van der Waals surface area contributed by atoms with E-state index in [0.717, 1.165) is 12.4 Å². The second-order valence-electron chi connectivity index (χ2n) is 6.58. The van der Waals surface area contributed by atoms with E-state index in [9.17, 15) is 13.6 Å². The second kappa shape index (κ2) is 8.60. The second-order valence-corrected chi connectivity index (χ2v) is 7.62. The van der Waals surface area contributed by atoms with Crippen LogP contribution in [0, 0.1) is 17.6 Å². The number of nitrogens with one attached hydrogen (secondary N) is 1. The molecule has 0 radical (unpaired) electrons. The number of ether oxygens (including phenoxy) is 1. The number of hydrogen-bond acceptors (Lipinski definition) is 7. The maximum Gasteiger partial charge on any atom is 0.293 e. The van der Waals surface area contributed by atoms with Crippen LogP contribution in [0.2, 0.25) is 0 Å². The lowest BCUT2D eigenvalue weighted by Gasteiger charge is -2.44. The molecule has 2 aromatic rings. The standard InChI is InChI=1S/C18H17F2N5O2S.ClH/c19-11-6-22-15(23-7-11)16(26)24-12-1-2-14(20)13(5-12)18-3-4-27-8-10(18)9-28-17(21)25-18;/h1-2,5-7,10H,3-4,8-9H2,(H2,21,25)(H,24,26);1H/t10?,18-;/m1./s1. The molecule has 1 aromatic heterocycles. The van der Waals surface area contributed by atoms with Gasteiger partial charge >= 0.3 is 0 Å². The van der Waals surface area contributed by atoms with Crippen LogP contribution in [0.3, 0.4) is 0 Å². The van der Waals surface area contributed by atoms with E-state index in [4.69, 9.17) is 10.5 Å². The summed E-state index contributed by atoms with van der Waals surface area (Å²) in [7, 11) is 0. The molecule has 2 aliphatic rings. The summed E-state index contributed by atoms with van der Waals surface area (Å²) in [4.78, 5) is 24.2. The average Bonchev–Trinajstić information content (AvgIpc) is 2.69. The zero-order chi connectivity index (χ0) is 19.7. The van der Waals surface area contributed by atoms with Crippen molar-refractivity contribution < 1.29 is 18.3 Å². The van der Waals surface area contributed by atoms with Crippen molar-refractivity contribution in [1.29, 1.82) is 0 Å². The number of carbonyl (C=O) groups excluding carboxylic acids is 1. The number of nitrogens with two attached hydrogens (primary N) is 1. The largest absolute Gasteiger partial charge is 0.381 e. The van der Waals surface area contributed by atoms with Gasteiger partial charge in [-0.25, -0.2) is 18.7 Å². The Morgan fingerprint density at radius 3 is 2.83 bits per heavy atom. The molecule has 1 amide bonds. The van der Waals surface area contributed by atoms with Crippen molar-refractivity contribution in [3.8, 4) is 0 Å². The van der Waals surface area contributed by atoms with Gasteiger partial charge in [-0.2, -0.15) is 0 Å². The Morgan fingerprint density at radius 2 is 2.07 bits per heavy atom. The Balaban J connectivity index is 0.00000240. The molecule has 0 aliphatic carbocycles. The third-order valence-electron chi connectivity index (χ3n) is 4.88. The monoisotopic (exact) mass is 441 g/mol. The quantitative estimate of drug-likeness (QED) is 0.759. The molecule has 2 atom stereocenters. The smallest absolute Gasteiger partial charge is 0.293 e. The van der Waals surface area contributed by atoms with Crippen LogP contribution in [0.15, 0.2) is 35.6 Å². The summed E-state index contributed by atoms with van der Waals surface area (Å²) in [5.41, 5.74) is 5.85. The molecule has 1 unspecified atom stereocenters. The topological polar surface area (TPSA) is 102 Å². The lowest BCUT2D eigenvalue weighted by atomic mass is 9.75. The third kappa shape index (κ3) is 4.19. The number of hydrogen-bond donors (Lipinski definition) is 2. The highest BCUT2D eigenvalue weighted by Crippen LogP contribution is 2.46. The van der Waals surface area contributed by atoms with E-state index >= 15 is 0 Å². The lowest BCUT2D eigenvalue weighted by molar-refractivity contribution is 0.00886. The first-order valence-corrected chi connectivity index (χ1v) is 9.61. The molecule has 1 fully saturated rings. The molecule has 1 saturated heterocycles. The summed E-state index contributed by atoms with van der Waals surface area (Å²) in [6.07, 6.45) is 2.30. The lowest BCUT2D eigenvalue weighted by Crippen LogP contribution is -2.47. The summed E-state index contributed by atoms with van der Waals surface area (Å²) in [5.74, 6) is -1.23. The highest BCUT2D eigenvalue weighted by atomic mass is 35.5. The maximum absolute atomic E-state index is 14.8. The van der Waals surface area contributed by atoms with Crippen LogP contribution in [-0.4, -0.2) is 40.0 Å². The number of amidine groups is 1. The summed E-state index contributed by atoms with van der Waals surface area (Å²) >= 11 is 1.42. The van der Waals surface area contributed by atoms with E-state index in [1.165, 1.54) is 23.9 Å². The molecule has 1 aromatic carbocycles. The van der Waals surface area contributed by atoms with Crippen LogP contribution >= 0.6 is 24.2 Å². The van der Waals surface area contributed by atoms with Gasteiger partial charge in [0.1, 0.15) is 5.82 Å². The van der Waals surface area contributed by atoms with Gasteiger partial charge in [-0.15, -0.1) is 12.4 Å². The number of fused-ring (bicyclic) bond motifs is 1. The molecule has 11 heteroatoms. The minimum absolute atomic E-state index is 0. The Labute approximate surface area is 176 Å². The molecule has 7 nitrogen and oxygen atoms in total. The van der Waals surface area contributed by atoms with Gasteiger partial charge in [0.05, 0.1) is 24.5 Å². The van der Waals surface area contributed by atoms with E-state index in [2.05, 4.69) is 20.3 Å². The highest BCUT2D eigenvalue weighted by molar-refractivity contribution is 8.13. The van der Waals surface area contributed by atoms with Crippen molar-refractivity contribution in [3.63, 3.8) is 0 Å². The average molecular weight is 442 g/mol. The first-order valence-electron chi connectivity index (χ1n) is 8.63. The summed E-state index contributed by atoms with van der Waals surface area (Å²) in [6, 6.07) is 4.28. The zero-order valence-electron chi connectivity index (χ0n) is 15.1. The molecule has 0 spiro atoms. The third-order valence-corrected chi connectivity index (χ3v) is 5.83. The predicted octanol–water partition coefficient (Wildman–Crippen LogP) is 2.72. The van der Waals surface area contributed by atoms with E-state index < -0.39 is 23.1 Å². The van der Waals surface area contributed by atoms with Gasteiger partial charge < -0.3 is 15.8 Å². The van der Waals surface area contributed by atoms with Crippen LogP contribution in [0.4, 0.5) is 14.5 Å². The fourth-order valence-electron chi connectivity index (χ4n) is 3.51. The Bertz CT molecular complexity index is 946. The Kier molecular flexibility index (Phi) is 6.35. The highest BCUT2D eigenvalue weighted by Gasteiger charge is 2.47. The van der Waals surface area contributed by atoms with Gasteiger partial charge in [0, 0.05) is 35.9 Å². The van der Waals surface area contributed by atoms with Crippen LogP contribution in [0.1, 0.15) is 22.6 Å². The number of aromatic nitrogens is 2. The summed E-state index contributed by atoms with van der Waals surface area (Å²) in [5, 5.41) is 3.03. The molecule has 0 bridgehead atoms. The van der Waals surface area contributed by atoms with Gasteiger partial charge in [0.25, 0.3) is 5.91 Å². The van der Waals surface area contributed by atoms with Crippen molar-refractivity contribution in [3.05, 3.63) is 53.6 Å². The van der Waals surface area contributed by atoms with Crippen LogP contribution in [0.5, 0.6) is 0 Å². The van der Waals surface area contributed by atoms with Gasteiger partial charge in [0.2, 0.25) is 5.82 Å². The van der Waals surface area contributed by atoms with Crippen molar-refractivity contribution in [1.82, 2.24) is 9.97 Å². The number of benzene rings is 1. The van der Waals surface area contributed by atoms with Gasteiger partial charge in [-0.3, -0.25) is 9.79 Å². The fraction of sp³-hybridized carbons (Fsp3) is 0.333. The molecule has 3 heterocycles. The van der Waals surface area contributed by atoms with E-state index in [1.807, 2.05) is 0 Å². The van der Waals surface area contributed by atoms with Crippen LogP contribution in [0.25, 0.3) is 0 Å². The molecule has 4 rings (SSSR count). The number of thioether (sulfide) groups is 1. The summed E-state index contributed by atoms with van der Waals surface area (Å²) < 4.78 is 33.3. The van der Waals surface area contributed by atoms with E-state index in [-0.39, 0.29) is 24.1 Å².